The zero-order valence-corrected chi connectivity index (χ0v) is 13.8. The fourth-order valence-electron chi connectivity index (χ4n) is 2.96. The Morgan fingerprint density at radius 3 is 2.38 bits per heavy atom. The molecule has 0 saturated carbocycles. The van der Waals surface area contributed by atoms with Crippen molar-refractivity contribution in [2.24, 2.45) is 0 Å². The molecule has 5 heteroatoms. The zero-order valence-electron chi connectivity index (χ0n) is 13.8. The van der Waals surface area contributed by atoms with Gasteiger partial charge in [-0.05, 0) is 36.8 Å². The molecular weight excluding hydrogens is 306 g/mol. The standard InChI is InChI=1S/C19H19NO4/c1-12-17(13-8-10-14(11-9-13)19(22)24-3)20(18(12)21)15-6-4-5-7-16(15)23-2/h4-11,17,21H,1-3H3. The van der Waals surface area contributed by atoms with E-state index in [2.05, 4.69) is 0 Å². The predicted molar refractivity (Wildman–Crippen MR) is 91.3 cm³/mol. The van der Waals surface area contributed by atoms with Crippen LogP contribution in [0, 0.1) is 0 Å². The Balaban J connectivity index is 1.97. The second kappa shape index (κ2) is 6.28. The van der Waals surface area contributed by atoms with Crippen LogP contribution in [0.1, 0.15) is 28.9 Å². The molecule has 124 valence electrons. The van der Waals surface area contributed by atoms with Crippen LogP contribution in [0.25, 0.3) is 0 Å². The van der Waals surface area contributed by atoms with Crippen molar-refractivity contribution in [3.05, 3.63) is 71.1 Å². The van der Waals surface area contributed by atoms with Crippen LogP contribution in [0.4, 0.5) is 5.69 Å². The predicted octanol–water partition coefficient (Wildman–Crippen LogP) is 3.83. The van der Waals surface area contributed by atoms with Crippen LogP contribution >= 0.6 is 0 Å². The highest BCUT2D eigenvalue weighted by molar-refractivity contribution is 5.89. The van der Waals surface area contributed by atoms with E-state index in [1.54, 1.807) is 19.2 Å². The van der Waals surface area contributed by atoms with Gasteiger partial charge in [-0.1, -0.05) is 24.3 Å². The van der Waals surface area contributed by atoms with Gasteiger partial charge in [-0.2, -0.15) is 0 Å². The number of carbonyl (C=O) groups is 1. The highest BCUT2D eigenvalue weighted by Crippen LogP contribution is 2.47. The van der Waals surface area contributed by atoms with Gasteiger partial charge in [0, 0.05) is 5.57 Å². The van der Waals surface area contributed by atoms with Crippen LogP contribution in [0.3, 0.4) is 0 Å². The molecule has 2 aromatic rings. The SMILES string of the molecule is COC(=O)c1ccc(C2C(C)=C(O)N2c2ccccc2OC)cc1. The van der Waals surface area contributed by atoms with Crippen LogP contribution < -0.4 is 9.64 Å². The summed E-state index contributed by atoms with van der Waals surface area (Å²) in [6.07, 6.45) is 0. The number of aliphatic hydroxyl groups excluding tert-OH is 1. The molecule has 1 atom stereocenters. The first-order valence-corrected chi connectivity index (χ1v) is 7.58. The molecule has 24 heavy (non-hydrogen) atoms. The summed E-state index contributed by atoms with van der Waals surface area (Å²) in [5.74, 6) is 0.543. The van der Waals surface area contributed by atoms with Crippen molar-refractivity contribution in [2.45, 2.75) is 13.0 Å². The average molecular weight is 325 g/mol. The smallest absolute Gasteiger partial charge is 0.337 e. The van der Waals surface area contributed by atoms with Crippen molar-refractivity contribution in [3.63, 3.8) is 0 Å². The molecule has 0 bridgehead atoms. The summed E-state index contributed by atoms with van der Waals surface area (Å²) in [7, 11) is 2.96. The quantitative estimate of drug-likeness (QED) is 0.866. The maximum Gasteiger partial charge on any atom is 0.337 e. The Kier molecular flexibility index (Phi) is 4.16. The van der Waals surface area contributed by atoms with Crippen molar-refractivity contribution >= 4 is 11.7 Å². The van der Waals surface area contributed by atoms with Gasteiger partial charge in [0.25, 0.3) is 0 Å². The van der Waals surface area contributed by atoms with Gasteiger partial charge in [0.05, 0.1) is 31.5 Å². The minimum Gasteiger partial charge on any atom is -0.495 e. The Hall–Kier alpha value is -2.95. The number of anilines is 1. The molecule has 0 fully saturated rings. The van der Waals surface area contributed by atoms with Crippen molar-refractivity contribution in [1.29, 1.82) is 0 Å². The van der Waals surface area contributed by atoms with Gasteiger partial charge in [0.15, 0.2) is 5.88 Å². The number of nitrogens with zero attached hydrogens (tertiary/aromatic N) is 1. The molecule has 0 spiro atoms. The van der Waals surface area contributed by atoms with Crippen LogP contribution in [0.15, 0.2) is 60.0 Å². The van der Waals surface area contributed by atoms with E-state index in [9.17, 15) is 9.90 Å². The molecule has 0 amide bonds. The molecule has 1 aliphatic heterocycles. The Morgan fingerprint density at radius 2 is 1.75 bits per heavy atom. The van der Waals surface area contributed by atoms with Gasteiger partial charge >= 0.3 is 5.97 Å². The summed E-state index contributed by atoms with van der Waals surface area (Å²) < 4.78 is 10.1. The molecule has 2 aromatic carbocycles. The molecule has 1 unspecified atom stereocenters. The van der Waals surface area contributed by atoms with E-state index < -0.39 is 0 Å². The summed E-state index contributed by atoms with van der Waals surface area (Å²) in [6.45, 7) is 1.89. The number of aliphatic hydroxyl groups is 1. The summed E-state index contributed by atoms with van der Waals surface area (Å²) in [4.78, 5) is 13.4. The normalized spacial score (nSPS) is 16.6. The first-order chi connectivity index (χ1) is 11.6. The first-order valence-electron chi connectivity index (χ1n) is 7.58. The number of ether oxygens (including phenoxy) is 2. The fourth-order valence-corrected chi connectivity index (χ4v) is 2.96. The molecule has 0 saturated heterocycles. The van der Waals surface area contributed by atoms with E-state index in [0.717, 1.165) is 16.8 Å². The largest absolute Gasteiger partial charge is 0.495 e. The van der Waals surface area contributed by atoms with Gasteiger partial charge in [-0.15, -0.1) is 0 Å². The molecule has 3 rings (SSSR count). The topological polar surface area (TPSA) is 59.0 Å². The maximum absolute atomic E-state index is 11.6. The molecule has 0 aliphatic carbocycles. The van der Waals surface area contributed by atoms with E-state index in [0.29, 0.717) is 11.3 Å². The minimum atomic E-state index is -0.369. The summed E-state index contributed by atoms with van der Waals surface area (Å²) in [6, 6.07) is 14.6. The van der Waals surface area contributed by atoms with Crippen molar-refractivity contribution in [3.8, 4) is 5.75 Å². The van der Waals surface area contributed by atoms with Gasteiger partial charge in [-0.25, -0.2) is 4.79 Å². The average Bonchev–Trinajstić information content (AvgIpc) is 2.64. The third kappa shape index (κ3) is 2.48. The monoisotopic (exact) mass is 325 g/mol. The van der Waals surface area contributed by atoms with E-state index in [1.165, 1.54) is 7.11 Å². The number of para-hydroxylation sites is 2. The molecule has 1 heterocycles. The number of esters is 1. The van der Waals surface area contributed by atoms with Crippen molar-refractivity contribution in [1.82, 2.24) is 0 Å². The third-order valence-electron chi connectivity index (χ3n) is 4.24. The molecule has 1 aliphatic rings. The Labute approximate surface area is 140 Å². The van der Waals surface area contributed by atoms with Crippen LogP contribution in [-0.4, -0.2) is 25.3 Å². The number of rotatable bonds is 4. The van der Waals surface area contributed by atoms with Gasteiger partial charge in [-0.3, -0.25) is 4.90 Å². The number of hydrogen-bond donors (Lipinski definition) is 1. The highest BCUT2D eigenvalue weighted by atomic mass is 16.5. The van der Waals surface area contributed by atoms with E-state index in [-0.39, 0.29) is 17.9 Å². The molecule has 5 nitrogen and oxygen atoms in total. The minimum absolute atomic E-state index is 0.104. The summed E-state index contributed by atoms with van der Waals surface area (Å²) >= 11 is 0. The highest BCUT2D eigenvalue weighted by Gasteiger charge is 2.38. The number of benzene rings is 2. The van der Waals surface area contributed by atoms with Gasteiger partial charge < -0.3 is 14.6 Å². The second-order valence-electron chi connectivity index (χ2n) is 5.56. The lowest BCUT2D eigenvalue weighted by atomic mass is 9.90. The lowest BCUT2D eigenvalue weighted by molar-refractivity contribution is 0.0600. The second-order valence-corrected chi connectivity index (χ2v) is 5.56. The van der Waals surface area contributed by atoms with Crippen molar-refractivity contribution in [2.75, 3.05) is 19.1 Å². The molecule has 1 N–H and O–H groups in total. The lowest BCUT2D eigenvalue weighted by Crippen LogP contribution is -2.39. The number of carbonyl (C=O) groups excluding carboxylic acids is 1. The molecule has 0 radical (unpaired) electrons. The summed E-state index contributed by atoms with van der Waals surface area (Å²) in [5, 5.41) is 10.3. The lowest BCUT2D eigenvalue weighted by Gasteiger charge is -2.43. The van der Waals surface area contributed by atoms with Crippen LogP contribution in [-0.2, 0) is 4.74 Å². The summed E-state index contributed by atoms with van der Waals surface area (Å²) in [5.41, 5.74) is 3.14. The number of methoxy groups -OCH3 is 2. The van der Waals surface area contributed by atoms with Gasteiger partial charge in [0.2, 0.25) is 0 Å². The van der Waals surface area contributed by atoms with E-state index >= 15 is 0 Å². The third-order valence-corrected chi connectivity index (χ3v) is 4.24. The van der Waals surface area contributed by atoms with E-state index in [4.69, 9.17) is 9.47 Å². The van der Waals surface area contributed by atoms with E-state index in [1.807, 2.05) is 48.2 Å². The molecular formula is C19H19NO4. The van der Waals surface area contributed by atoms with Crippen LogP contribution in [0.5, 0.6) is 5.75 Å². The molecule has 0 aromatic heterocycles. The van der Waals surface area contributed by atoms with Crippen molar-refractivity contribution < 1.29 is 19.4 Å². The number of hydrogen-bond acceptors (Lipinski definition) is 5. The zero-order chi connectivity index (χ0) is 17.3. The Bertz CT molecular complexity index is 795. The van der Waals surface area contributed by atoms with Gasteiger partial charge in [0.1, 0.15) is 5.75 Å². The maximum atomic E-state index is 11.6. The Morgan fingerprint density at radius 1 is 1.08 bits per heavy atom. The fraction of sp³-hybridized carbons (Fsp3) is 0.211. The first kappa shape index (κ1) is 15.9. The van der Waals surface area contributed by atoms with Crippen LogP contribution in [0.2, 0.25) is 0 Å².